The van der Waals surface area contributed by atoms with Crippen LogP contribution in [0.4, 0.5) is 4.39 Å². The van der Waals surface area contributed by atoms with Crippen molar-refractivity contribution in [3.05, 3.63) is 28.8 Å². The highest BCUT2D eigenvalue weighted by molar-refractivity contribution is 7.99. The summed E-state index contributed by atoms with van der Waals surface area (Å²) >= 11 is 7.85. The van der Waals surface area contributed by atoms with Gasteiger partial charge in [-0.3, -0.25) is 0 Å². The Bertz CT molecular complexity index is 399. The van der Waals surface area contributed by atoms with Gasteiger partial charge in [-0.25, -0.2) is 4.98 Å². The Hall–Kier alpha value is -0.280. The van der Waals surface area contributed by atoms with E-state index in [0.717, 1.165) is 17.9 Å². The zero-order valence-corrected chi connectivity index (χ0v) is 11.0. The van der Waals surface area contributed by atoms with Crippen LogP contribution in [0.3, 0.4) is 0 Å². The highest BCUT2D eigenvalue weighted by Crippen LogP contribution is 2.43. The van der Waals surface area contributed by atoms with Crippen LogP contribution in [0.1, 0.15) is 25.8 Å². The molecule has 1 saturated heterocycles. The van der Waals surface area contributed by atoms with E-state index in [4.69, 9.17) is 11.6 Å². The van der Waals surface area contributed by atoms with Gasteiger partial charge in [0.05, 0.1) is 5.02 Å². The van der Waals surface area contributed by atoms with E-state index in [2.05, 4.69) is 18.8 Å². The van der Waals surface area contributed by atoms with Gasteiger partial charge in [0.15, 0.2) is 0 Å². The molecule has 1 unspecified atom stereocenters. The van der Waals surface area contributed by atoms with E-state index >= 15 is 0 Å². The molecule has 88 valence electrons. The van der Waals surface area contributed by atoms with E-state index in [1.54, 1.807) is 6.07 Å². The van der Waals surface area contributed by atoms with Crippen molar-refractivity contribution in [3.63, 3.8) is 0 Å². The summed E-state index contributed by atoms with van der Waals surface area (Å²) in [5.74, 6) is 2.22. The SMILES string of the molecule is CC1CSCC[C@]1(C)c1cc(Cl)cnc1F. The number of pyridine rings is 1. The van der Waals surface area contributed by atoms with Crippen molar-refractivity contribution < 1.29 is 4.39 Å². The quantitative estimate of drug-likeness (QED) is 0.710. The van der Waals surface area contributed by atoms with Gasteiger partial charge in [-0.15, -0.1) is 0 Å². The van der Waals surface area contributed by atoms with Crippen molar-refractivity contribution in [2.24, 2.45) is 5.92 Å². The lowest BCUT2D eigenvalue weighted by molar-refractivity contribution is 0.309. The summed E-state index contributed by atoms with van der Waals surface area (Å²) in [7, 11) is 0. The van der Waals surface area contributed by atoms with Crippen molar-refractivity contribution >= 4 is 23.4 Å². The first kappa shape index (κ1) is 12.2. The average Bonchev–Trinajstić information content (AvgIpc) is 2.26. The van der Waals surface area contributed by atoms with E-state index in [1.165, 1.54) is 6.20 Å². The number of aromatic nitrogens is 1. The third-order valence-corrected chi connectivity index (χ3v) is 5.08. The lowest BCUT2D eigenvalue weighted by Crippen LogP contribution is -2.37. The van der Waals surface area contributed by atoms with E-state index in [0.29, 0.717) is 16.5 Å². The molecule has 0 radical (unpaired) electrons. The van der Waals surface area contributed by atoms with Crippen LogP contribution in [0, 0.1) is 11.9 Å². The van der Waals surface area contributed by atoms with Crippen LogP contribution in [-0.4, -0.2) is 16.5 Å². The second-order valence-corrected chi connectivity index (χ2v) is 6.22. The molecule has 1 aliphatic heterocycles. The van der Waals surface area contributed by atoms with Crippen LogP contribution in [0.2, 0.25) is 5.02 Å². The molecular formula is C12H15ClFNS. The molecule has 1 fully saturated rings. The molecule has 0 spiro atoms. The Morgan fingerprint density at radius 2 is 2.38 bits per heavy atom. The second kappa shape index (κ2) is 4.53. The molecule has 2 atom stereocenters. The molecule has 4 heteroatoms. The molecule has 1 aromatic heterocycles. The smallest absolute Gasteiger partial charge is 0.216 e. The minimum Gasteiger partial charge on any atom is -0.227 e. The lowest BCUT2D eigenvalue weighted by atomic mass is 9.71. The van der Waals surface area contributed by atoms with E-state index in [1.807, 2.05) is 11.8 Å². The topological polar surface area (TPSA) is 12.9 Å². The standard InChI is InChI=1S/C12H15ClFNS/c1-8-7-16-4-3-12(8,2)10-5-9(13)6-15-11(10)14/h5-6,8H,3-4,7H2,1-2H3/t8?,12-/m0/s1. The van der Waals surface area contributed by atoms with Gasteiger partial charge in [-0.1, -0.05) is 25.4 Å². The lowest BCUT2D eigenvalue weighted by Gasteiger charge is -2.39. The molecule has 2 rings (SSSR count). The first-order valence-electron chi connectivity index (χ1n) is 5.43. The summed E-state index contributed by atoms with van der Waals surface area (Å²) in [5.41, 5.74) is 0.542. The number of hydrogen-bond donors (Lipinski definition) is 0. The summed E-state index contributed by atoms with van der Waals surface area (Å²) in [4.78, 5) is 3.73. The largest absolute Gasteiger partial charge is 0.227 e. The van der Waals surface area contributed by atoms with Crippen LogP contribution in [-0.2, 0) is 5.41 Å². The molecule has 1 aromatic rings. The van der Waals surface area contributed by atoms with Crippen molar-refractivity contribution in [3.8, 4) is 0 Å². The Labute approximate surface area is 105 Å². The highest BCUT2D eigenvalue weighted by Gasteiger charge is 2.38. The molecule has 2 heterocycles. The molecule has 0 aliphatic carbocycles. The van der Waals surface area contributed by atoms with Gasteiger partial charge in [-0.05, 0) is 29.9 Å². The molecule has 1 aliphatic rings. The normalized spacial score (nSPS) is 30.4. The first-order chi connectivity index (χ1) is 7.54. The number of nitrogens with zero attached hydrogens (tertiary/aromatic N) is 1. The first-order valence-corrected chi connectivity index (χ1v) is 6.96. The minimum atomic E-state index is -0.370. The van der Waals surface area contributed by atoms with Crippen LogP contribution < -0.4 is 0 Å². The summed E-state index contributed by atoms with van der Waals surface area (Å²) < 4.78 is 13.8. The predicted octanol–water partition coefficient (Wildman–Crippen LogP) is 3.90. The van der Waals surface area contributed by atoms with Gasteiger partial charge >= 0.3 is 0 Å². The second-order valence-electron chi connectivity index (χ2n) is 4.64. The molecule has 0 bridgehead atoms. The highest BCUT2D eigenvalue weighted by atomic mass is 35.5. The van der Waals surface area contributed by atoms with Crippen molar-refractivity contribution in [1.29, 1.82) is 0 Å². The van der Waals surface area contributed by atoms with Gasteiger partial charge in [0, 0.05) is 17.2 Å². The minimum absolute atomic E-state index is 0.132. The van der Waals surface area contributed by atoms with Gasteiger partial charge in [0.1, 0.15) is 0 Å². The van der Waals surface area contributed by atoms with Crippen LogP contribution in [0.25, 0.3) is 0 Å². The molecule has 0 N–H and O–H groups in total. The number of hydrogen-bond acceptors (Lipinski definition) is 2. The van der Waals surface area contributed by atoms with Crippen LogP contribution in [0.5, 0.6) is 0 Å². The van der Waals surface area contributed by atoms with Crippen LogP contribution in [0.15, 0.2) is 12.3 Å². The molecular weight excluding hydrogens is 245 g/mol. The number of halogens is 2. The zero-order valence-electron chi connectivity index (χ0n) is 9.46. The summed E-state index contributed by atoms with van der Waals surface area (Å²) in [6, 6.07) is 1.73. The molecule has 16 heavy (non-hydrogen) atoms. The monoisotopic (exact) mass is 259 g/mol. The summed E-state index contributed by atoms with van der Waals surface area (Å²) in [5, 5.41) is 0.517. The van der Waals surface area contributed by atoms with E-state index in [9.17, 15) is 4.39 Å². The third-order valence-electron chi connectivity index (χ3n) is 3.64. The molecule has 0 aromatic carbocycles. The fourth-order valence-electron chi connectivity index (χ4n) is 2.20. The predicted molar refractivity (Wildman–Crippen MR) is 67.7 cm³/mol. The van der Waals surface area contributed by atoms with Gasteiger partial charge in [0.25, 0.3) is 0 Å². The Morgan fingerprint density at radius 3 is 3.06 bits per heavy atom. The summed E-state index contributed by atoms with van der Waals surface area (Å²) in [6.07, 6.45) is 2.35. The summed E-state index contributed by atoms with van der Waals surface area (Å²) in [6.45, 7) is 4.29. The van der Waals surface area contributed by atoms with E-state index in [-0.39, 0.29) is 11.4 Å². The maximum atomic E-state index is 13.8. The molecule has 0 amide bonds. The number of thioether (sulfide) groups is 1. The average molecular weight is 260 g/mol. The van der Waals surface area contributed by atoms with Gasteiger partial charge in [0.2, 0.25) is 5.95 Å². The Morgan fingerprint density at radius 1 is 1.62 bits per heavy atom. The third kappa shape index (κ3) is 2.07. The van der Waals surface area contributed by atoms with Gasteiger partial charge in [-0.2, -0.15) is 16.2 Å². The number of rotatable bonds is 1. The maximum absolute atomic E-state index is 13.8. The zero-order chi connectivity index (χ0) is 11.8. The van der Waals surface area contributed by atoms with Crippen molar-refractivity contribution in [2.75, 3.05) is 11.5 Å². The Kier molecular flexibility index (Phi) is 3.45. The van der Waals surface area contributed by atoms with Crippen LogP contribution >= 0.6 is 23.4 Å². The van der Waals surface area contributed by atoms with Crippen molar-refractivity contribution in [1.82, 2.24) is 4.98 Å². The van der Waals surface area contributed by atoms with Crippen molar-refractivity contribution in [2.45, 2.75) is 25.7 Å². The molecule has 1 nitrogen and oxygen atoms in total. The Balaban J connectivity index is 2.44. The fraction of sp³-hybridized carbons (Fsp3) is 0.583. The van der Waals surface area contributed by atoms with E-state index < -0.39 is 0 Å². The molecule has 0 saturated carbocycles. The maximum Gasteiger partial charge on any atom is 0.216 e. The van der Waals surface area contributed by atoms with Gasteiger partial charge < -0.3 is 0 Å². The fourth-order valence-corrected chi connectivity index (χ4v) is 3.81.